The lowest BCUT2D eigenvalue weighted by Gasteiger charge is -2.22. The van der Waals surface area contributed by atoms with Crippen LogP contribution in [0.25, 0.3) is 43.8 Å². The fourth-order valence-electron chi connectivity index (χ4n) is 5.65. The van der Waals surface area contributed by atoms with Gasteiger partial charge < -0.3 is 0 Å². The number of aryl methyl sites for hydroxylation is 6. The normalized spacial score (nSPS) is 11.4. The SMILES string of the molecule is Cc1cc(C)c(-c2ccc3c(c[c]c4ccccc43)c2-c2c(C)cc(C)cc2C)c(C)c1. The molecule has 0 aliphatic carbocycles. The third-order valence-electron chi connectivity index (χ3n) is 6.71. The Bertz CT molecular complexity index is 1470. The molecule has 0 bridgehead atoms. The second kappa shape index (κ2) is 7.64. The standard InChI is InChI=1S/C32H29/c1-19-15-21(3)30(22(4)16-19)29-14-13-27-26-10-8-7-9-25(26)11-12-28(27)32(29)31-23(5)17-20(2)18-24(31)6/h7-10,12-18H,1-6H3. The molecule has 32 heavy (non-hydrogen) atoms. The molecular formula is C32H29. The van der Waals surface area contributed by atoms with E-state index in [0.29, 0.717) is 0 Å². The molecule has 5 rings (SSSR count). The lowest BCUT2D eigenvalue weighted by molar-refractivity contribution is 1.31. The minimum atomic E-state index is 1.17. The minimum Gasteiger partial charge on any atom is -0.0616 e. The first-order chi connectivity index (χ1) is 15.3. The zero-order valence-electron chi connectivity index (χ0n) is 19.9. The summed E-state index contributed by atoms with van der Waals surface area (Å²) in [5.41, 5.74) is 13.3. The molecule has 0 fully saturated rings. The Kier molecular flexibility index (Phi) is 4.90. The number of benzene rings is 5. The smallest absolute Gasteiger partial charge is 0.00208 e. The Labute approximate surface area is 191 Å². The lowest BCUT2D eigenvalue weighted by atomic mass is 9.82. The maximum Gasteiger partial charge on any atom is -0.00208 e. The van der Waals surface area contributed by atoms with Crippen molar-refractivity contribution in [2.45, 2.75) is 41.5 Å². The summed E-state index contributed by atoms with van der Waals surface area (Å²) in [6.45, 7) is 13.3. The van der Waals surface area contributed by atoms with Crippen LogP contribution in [0.3, 0.4) is 0 Å². The topological polar surface area (TPSA) is 0 Å². The lowest BCUT2D eigenvalue weighted by Crippen LogP contribution is -1.98. The van der Waals surface area contributed by atoms with Gasteiger partial charge in [-0.1, -0.05) is 71.8 Å². The van der Waals surface area contributed by atoms with Crippen LogP contribution < -0.4 is 0 Å². The highest BCUT2D eigenvalue weighted by atomic mass is 14.2. The fraction of sp³-hybridized carbons (Fsp3) is 0.188. The van der Waals surface area contributed by atoms with Crippen molar-refractivity contribution >= 4 is 21.5 Å². The van der Waals surface area contributed by atoms with E-state index in [0.717, 1.165) is 0 Å². The van der Waals surface area contributed by atoms with Crippen molar-refractivity contribution in [1.29, 1.82) is 0 Å². The van der Waals surface area contributed by atoms with E-state index in [1.54, 1.807) is 0 Å². The van der Waals surface area contributed by atoms with Gasteiger partial charge in [-0.2, -0.15) is 0 Å². The summed E-state index contributed by atoms with van der Waals surface area (Å²) in [6, 6.07) is 28.2. The summed E-state index contributed by atoms with van der Waals surface area (Å²) in [7, 11) is 0. The van der Waals surface area contributed by atoms with Crippen LogP contribution in [0.15, 0.2) is 66.7 Å². The summed E-state index contributed by atoms with van der Waals surface area (Å²) in [4.78, 5) is 0. The molecule has 0 unspecified atom stereocenters. The molecule has 0 atom stereocenters. The third-order valence-corrected chi connectivity index (χ3v) is 6.71. The van der Waals surface area contributed by atoms with Gasteiger partial charge in [0.25, 0.3) is 0 Å². The summed E-state index contributed by atoms with van der Waals surface area (Å²) in [6.07, 6.45) is 0. The average molecular weight is 414 g/mol. The Morgan fingerprint density at radius 2 is 1.06 bits per heavy atom. The number of hydrogen-bond acceptors (Lipinski definition) is 0. The molecule has 0 nitrogen and oxygen atoms in total. The molecule has 0 heteroatoms. The van der Waals surface area contributed by atoms with Gasteiger partial charge in [-0.05, 0) is 120 Å². The van der Waals surface area contributed by atoms with E-state index in [-0.39, 0.29) is 0 Å². The molecule has 0 saturated carbocycles. The zero-order chi connectivity index (χ0) is 22.6. The van der Waals surface area contributed by atoms with Gasteiger partial charge in [0.15, 0.2) is 0 Å². The largest absolute Gasteiger partial charge is 0.0616 e. The van der Waals surface area contributed by atoms with Crippen molar-refractivity contribution in [2.24, 2.45) is 0 Å². The van der Waals surface area contributed by atoms with Gasteiger partial charge in [0, 0.05) is 0 Å². The van der Waals surface area contributed by atoms with Crippen molar-refractivity contribution in [3.63, 3.8) is 0 Å². The van der Waals surface area contributed by atoms with Gasteiger partial charge in [-0.3, -0.25) is 0 Å². The second-order valence-corrected chi connectivity index (χ2v) is 9.33. The van der Waals surface area contributed by atoms with Crippen LogP contribution in [-0.2, 0) is 0 Å². The minimum absolute atomic E-state index is 1.17. The zero-order valence-corrected chi connectivity index (χ0v) is 19.9. The molecule has 5 aromatic carbocycles. The van der Waals surface area contributed by atoms with E-state index in [4.69, 9.17) is 0 Å². The molecule has 0 amide bonds. The van der Waals surface area contributed by atoms with E-state index in [9.17, 15) is 0 Å². The molecular weight excluding hydrogens is 384 g/mol. The third kappa shape index (κ3) is 3.22. The average Bonchev–Trinajstić information content (AvgIpc) is 2.73. The van der Waals surface area contributed by atoms with Crippen molar-refractivity contribution in [2.75, 3.05) is 0 Å². The van der Waals surface area contributed by atoms with E-state index in [1.807, 2.05) is 0 Å². The maximum absolute atomic E-state index is 3.57. The molecule has 0 heterocycles. The molecule has 0 aliphatic rings. The quantitative estimate of drug-likeness (QED) is 0.253. The summed E-state index contributed by atoms with van der Waals surface area (Å²) in [5.74, 6) is 0. The van der Waals surface area contributed by atoms with Gasteiger partial charge in [0.2, 0.25) is 0 Å². The van der Waals surface area contributed by atoms with Crippen molar-refractivity contribution in [1.82, 2.24) is 0 Å². The maximum atomic E-state index is 3.57. The summed E-state index contributed by atoms with van der Waals surface area (Å²) >= 11 is 0. The van der Waals surface area contributed by atoms with E-state index < -0.39 is 0 Å². The van der Waals surface area contributed by atoms with Crippen LogP contribution in [0.4, 0.5) is 0 Å². The van der Waals surface area contributed by atoms with Crippen LogP contribution in [0.5, 0.6) is 0 Å². The van der Waals surface area contributed by atoms with E-state index in [1.165, 1.54) is 77.2 Å². The van der Waals surface area contributed by atoms with Gasteiger partial charge in [0.1, 0.15) is 0 Å². The predicted octanol–water partition coefficient (Wildman–Crippen LogP) is 8.98. The first-order valence-corrected chi connectivity index (χ1v) is 11.4. The summed E-state index contributed by atoms with van der Waals surface area (Å²) in [5, 5.41) is 4.99. The molecule has 0 aliphatic heterocycles. The van der Waals surface area contributed by atoms with Crippen LogP contribution in [-0.4, -0.2) is 0 Å². The Balaban J connectivity index is 1.99. The van der Waals surface area contributed by atoms with Crippen molar-refractivity contribution in [3.8, 4) is 22.3 Å². The first kappa shape index (κ1) is 20.5. The monoisotopic (exact) mass is 413 g/mol. The molecule has 5 aromatic rings. The number of hydrogen-bond donors (Lipinski definition) is 0. The van der Waals surface area contributed by atoms with Crippen LogP contribution in [0.2, 0.25) is 0 Å². The molecule has 0 spiro atoms. The Morgan fingerprint density at radius 3 is 1.69 bits per heavy atom. The fourth-order valence-corrected chi connectivity index (χ4v) is 5.65. The van der Waals surface area contributed by atoms with Crippen molar-refractivity contribution in [3.05, 3.63) is 106 Å². The highest BCUT2D eigenvalue weighted by molar-refractivity contribution is 6.15. The molecule has 0 N–H and O–H groups in total. The molecule has 1 radical (unpaired) electrons. The highest BCUT2D eigenvalue weighted by Gasteiger charge is 2.19. The van der Waals surface area contributed by atoms with E-state index in [2.05, 4.69) is 114 Å². The summed E-state index contributed by atoms with van der Waals surface area (Å²) < 4.78 is 0. The first-order valence-electron chi connectivity index (χ1n) is 11.4. The predicted molar refractivity (Wildman–Crippen MR) is 140 cm³/mol. The van der Waals surface area contributed by atoms with Crippen LogP contribution >= 0.6 is 0 Å². The van der Waals surface area contributed by atoms with E-state index >= 15 is 0 Å². The second-order valence-electron chi connectivity index (χ2n) is 9.33. The Hall–Kier alpha value is -3.38. The van der Waals surface area contributed by atoms with Gasteiger partial charge in [-0.25, -0.2) is 0 Å². The molecule has 157 valence electrons. The van der Waals surface area contributed by atoms with Crippen molar-refractivity contribution < 1.29 is 0 Å². The van der Waals surface area contributed by atoms with Crippen LogP contribution in [0.1, 0.15) is 33.4 Å². The Morgan fingerprint density at radius 1 is 0.500 bits per heavy atom. The number of rotatable bonds is 2. The highest BCUT2D eigenvalue weighted by Crippen LogP contribution is 2.44. The molecule has 0 saturated heterocycles. The molecule has 0 aromatic heterocycles. The van der Waals surface area contributed by atoms with Gasteiger partial charge in [0.05, 0.1) is 0 Å². The van der Waals surface area contributed by atoms with Gasteiger partial charge in [-0.15, -0.1) is 0 Å². The number of fused-ring (bicyclic) bond motifs is 3. The van der Waals surface area contributed by atoms with Gasteiger partial charge >= 0.3 is 0 Å². The van der Waals surface area contributed by atoms with Crippen LogP contribution in [0, 0.1) is 47.6 Å².